The van der Waals surface area contributed by atoms with E-state index in [1.807, 2.05) is 0 Å². The molecule has 1 N–H and O–H groups in total. The standard InChI is InChI=1S/C30H52O/c1-19-11-14-27(5)17-18-29(7)21(25(27)20(19)2)9-10-23-28(6)15-13-24(31)26(3,4)22(28)12-16-30(23,29)8/h19-25,31H,9-18H2,1-8H3/t19-,20+,21-,22+,23-,24+,25-,27-,28+,29-,30-/m1/s1. The highest BCUT2D eigenvalue weighted by Crippen LogP contribution is 2.76. The Bertz CT molecular complexity index is 726. The smallest absolute Gasteiger partial charge is 0.0594 e. The first kappa shape index (κ1) is 22.7. The van der Waals surface area contributed by atoms with Gasteiger partial charge in [-0.1, -0.05) is 55.4 Å². The second kappa shape index (κ2) is 6.76. The van der Waals surface area contributed by atoms with Gasteiger partial charge in [0.15, 0.2) is 0 Å². The Labute approximate surface area is 193 Å². The van der Waals surface area contributed by atoms with Gasteiger partial charge in [-0.25, -0.2) is 0 Å². The summed E-state index contributed by atoms with van der Waals surface area (Å²) in [5.41, 5.74) is 2.05. The van der Waals surface area contributed by atoms with Crippen molar-refractivity contribution < 1.29 is 5.11 Å². The molecule has 5 rings (SSSR count). The molecule has 178 valence electrons. The summed E-state index contributed by atoms with van der Waals surface area (Å²) in [7, 11) is 0. The van der Waals surface area contributed by atoms with Crippen molar-refractivity contribution in [2.24, 2.45) is 62.6 Å². The van der Waals surface area contributed by atoms with E-state index in [9.17, 15) is 5.11 Å². The van der Waals surface area contributed by atoms with Crippen LogP contribution in [0.2, 0.25) is 0 Å². The van der Waals surface area contributed by atoms with Crippen LogP contribution < -0.4 is 0 Å². The molecule has 11 atom stereocenters. The van der Waals surface area contributed by atoms with Crippen LogP contribution in [-0.4, -0.2) is 11.2 Å². The van der Waals surface area contributed by atoms with Crippen LogP contribution in [0.25, 0.3) is 0 Å². The minimum Gasteiger partial charge on any atom is -0.393 e. The van der Waals surface area contributed by atoms with Crippen molar-refractivity contribution in [3.63, 3.8) is 0 Å². The van der Waals surface area contributed by atoms with E-state index < -0.39 is 0 Å². The van der Waals surface area contributed by atoms with Crippen molar-refractivity contribution in [2.45, 2.75) is 126 Å². The Balaban J connectivity index is 1.54. The predicted octanol–water partition coefficient (Wildman–Crippen LogP) is 8.10. The summed E-state index contributed by atoms with van der Waals surface area (Å²) in [6, 6.07) is 0. The summed E-state index contributed by atoms with van der Waals surface area (Å²) in [6.07, 6.45) is 13.7. The van der Waals surface area contributed by atoms with E-state index in [2.05, 4.69) is 55.4 Å². The van der Waals surface area contributed by atoms with E-state index in [-0.39, 0.29) is 11.5 Å². The molecule has 0 aliphatic heterocycles. The molecule has 0 amide bonds. The average molecular weight is 429 g/mol. The molecule has 5 aliphatic rings. The maximum absolute atomic E-state index is 10.9. The van der Waals surface area contributed by atoms with Crippen LogP contribution in [0.1, 0.15) is 120 Å². The molecule has 0 heterocycles. The summed E-state index contributed by atoms with van der Waals surface area (Å²) >= 11 is 0. The molecule has 1 nitrogen and oxygen atoms in total. The van der Waals surface area contributed by atoms with E-state index in [0.717, 1.165) is 36.0 Å². The average Bonchev–Trinajstić information content (AvgIpc) is 2.69. The van der Waals surface area contributed by atoms with Gasteiger partial charge in [0, 0.05) is 0 Å². The third-order valence-corrected chi connectivity index (χ3v) is 14.0. The molecule has 1 heteroatoms. The second-order valence-electron chi connectivity index (χ2n) is 15.1. The summed E-state index contributed by atoms with van der Waals surface area (Å²) in [4.78, 5) is 0. The van der Waals surface area contributed by atoms with Crippen LogP contribution in [0.3, 0.4) is 0 Å². The molecule has 0 saturated heterocycles. The van der Waals surface area contributed by atoms with Crippen LogP contribution >= 0.6 is 0 Å². The summed E-state index contributed by atoms with van der Waals surface area (Å²) in [5.74, 6) is 5.17. The van der Waals surface area contributed by atoms with Gasteiger partial charge in [0.1, 0.15) is 0 Å². The van der Waals surface area contributed by atoms with Crippen molar-refractivity contribution in [1.82, 2.24) is 0 Å². The fourth-order valence-electron chi connectivity index (χ4n) is 11.7. The van der Waals surface area contributed by atoms with Crippen LogP contribution in [0.4, 0.5) is 0 Å². The summed E-state index contributed by atoms with van der Waals surface area (Å²) in [5, 5.41) is 10.9. The van der Waals surface area contributed by atoms with Crippen LogP contribution in [0.5, 0.6) is 0 Å². The molecule has 0 aromatic rings. The third-order valence-electron chi connectivity index (χ3n) is 14.0. The van der Waals surface area contributed by atoms with Crippen LogP contribution in [-0.2, 0) is 0 Å². The quantitative estimate of drug-likeness (QED) is 0.413. The molecule has 0 radical (unpaired) electrons. The van der Waals surface area contributed by atoms with E-state index in [1.165, 1.54) is 57.8 Å². The second-order valence-corrected chi connectivity index (χ2v) is 15.1. The lowest BCUT2D eigenvalue weighted by Gasteiger charge is -2.74. The predicted molar refractivity (Wildman–Crippen MR) is 131 cm³/mol. The van der Waals surface area contributed by atoms with E-state index in [0.29, 0.717) is 27.6 Å². The van der Waals surface area contributed by atoms with Crippen molar-refractivity contribution in [1.29, 1.82) is 0 Å². The van der Waals surface area contributed by atoms with Crippen molar-refractivity contribution in [3.05, 3.63) is 0 Å². The zero-order chi connectivity index (χ0) is 22.6. The number of hydrogen-bond donors (Lipinski definition) is 1. The van der Waals surface area contributed by atoms with Gasteiger partial charge >= 0.3 is 0 Å². The van der Waals surface area contributed by atoms with Gasteiger partial charge in [0.25, 0.3) is 0 Å². The normalized spacial score (nSPS) is 60.9. The molecule has 5 aliphatic carbocycles. The zero-order valence-electron chi connectivity index (χ0n) is 22.1. The van der Waals surface area contributed by atoms with Crippen LogP contribution in [0.15, 0.2) is 0 Å². The first-order chi connectivity index (χ1) is 14.3. The number of hydrogen-bond acceptors (Lipinski definition) is 1. The van der Waals surface area contributed by atoms with Gasteiger partial charge in [-0.05, 0) is 127 Å². The highest BCUT2D eigenvalue weighted by Gasteiger charge is 2.69. The first-order valence-corrected chi connectivity index (χ1v) is 14.0. The molecule has 0 aromatic carbocycles. The van der Waals surface area contributed by atoms with E-state index in [4.69, 9.17) is 0 Å². The zero-order valence-corrected chi connectivity index (χ0v) is 22.1. The molecule has 5 saturated carbocycles. The minimum atomic E-state index is -0.109. The molecule has 5 fully saturated rings. The third kappa shape index (κ3) is 2.71. The molecule has 0 unspecified atom stereocenters. The Morgan fingerprint density at radius 3 is 2.06 bits per heavy atom. The van der Waals surface area contributed by atoms with Gasteiger partial charge in [-0.2, -0.15) is 0 Å². The van der Waals surface area contributed by atoms with Crippen molar-refractivity contribution >= 4 is 0 Å². The SMILES string of the molecule is C[C@@H]1[C@@H]2[C@H]3CC[C@@H]4[C@@]5(C)CC[C@H](O)C(C)(C)[C@@H]5CC[C@@]4(C)[C@]3(C)CC[C@@]2(C)CC[C@H]1C. The van der Waals surface area contributed by atoms with Gasteiger partial charge < -0.3 is 5.11 Å². The fourth-order valence-corrected chi connectivity index (χ4v) is 11.7. The Morgan fingerprint density at radius 1 is 0.645 bits per heavy atom. The van der Waals surface area contributed by atoms with Gasteiger partial charge in [-0.3, -0.25) is 0 Å². The molecule has 0 bridgehead atoms. The molecule has 0 aromatic heterocycles. The Morgan fingerprint density at radius 2 is 1.35 bits per heavy atom. The molecular formula is C30H52O. The molecule has 0 spiro atoms. The summed E-state index contributed by atoms with van der Waals surface area (Å²) < 4.78 is 0. The molecular weight excluding hydrogens is 376 g/mol. The maximum Gasteiger partial charge on any atom is 0.0594 e. The van der Waals surface area contributed by atoms with Crippen molar-refractivity contribution in [3.8, 4) is 0 Å². The Kier molecular flexibility index (Phi) is 4.96. The largest absolute Gasteiger partial charge is 0.393 e. The number of aliphatic hydroxyl groups excluding tert-OH is 1. The first-order valence-electron chi connectivity index (χ1n) is 14.0. The number of fused-ring (bicyclic) bond motifs is 7. The topological polar surface area (TPSA) is 20.2 Å². The Hall–Kier alpha value is -0.0400. The highest BCUT2D eigenvalue weighted by molar-refractivity contribution is 5.18. The van der Waals surface area contributed by atoms with E-state index >= 15 is 0 Å². The van der Waals surface area contributed by atoms with Crippen molar-refractivity contribution in [2.75, 3.05) is 0 Å². The maximum atomic E-state index is 10.9. The van der Waals surface area contributed by atoms with E-state index in [1.54, 1.807) is 0 Å². The lowest BCUT2D eigenvalue weighted by Crippen LogP contribution is -2.67. The summed E-state index contributed by atoms with van der Waals surface area (Å²) in [6.45, 7) is 20.8. The lowest BCUT2D eigenvalue weighted by atomic mass is 9.31. The lowest BCUT2D eigenvalue weighted by molar-refractivity contribution is -0.256. The number of aliphatic hydroxyl groups is 1. The van der Waals surface area contributed by atoms with Crippen LogP contribution in [0, 0.1) is 62.6 Å². The number of rotatable bonds is 0. The monoisotopic (exact) mass is 428 g/mol. The fraction of sp³-hybridized carbons (Fsp3) is 1.00. The van der Waals surface area contributed by atoms with Gasteiger partial charge in [-0.15, -0.1) is 0 Å². The molecule has 31 heavy (non-hydrogen) atoms. The highest BCUT2D eigenvalue weighted by atomic mass is 16.3. The minimum absolute atomic E-state index is 0.0739. The van der Waals surface area contributed by atoms with Gasteiger partial charge in [0.2, 0.25) is 0 Å². The van der Waals surface area contributed by atoms with Gasteiger partial charge in [0.05, 0.1) is 6.10 Å².